The van der Waals surface area contributed by atoms with Gasteiger partial charge in [0.15, 0.2) is 5.78 Å². The van der Waals surface area contributed by atoms with Gasteiger partial charge in [-0.1, -0.05) is 12.1 Å². The van der Waals surface area contributed by atoms with Gasteiger partial charge in [-0.15, -0.1) is 0 Å². The van der Waals surface area contributed by atoms with Crippen LogP contribution in [0.15, 0.2) is 61.1 Å². The van der Waals surface area contributed by atoms with Crippen molar-refractivity contribution < 1.29 is 4.79 Å². The van der Waals surface area contributed by atoms with Crippen LogP contribution in [0.4, 0.5) is 5.82 Å². The number of hydrogen-bond donors (Lipinski definition) is 1. The second-order valence-corrected chi connectivity index (χ2v) is 9.47. The number of piperazine rings is 1. The van der Waals surface area contributed by atoms with Gasteiger partial charge >= 0.3 is 0 Å². The molecule has 0 amide bonds. The topological polar surface area (TPSA) is 90.9 Å². The van der Waals surface area contributed by atoms with Gasteiger partial charge in [0.05, 0.1) is 11.9 Å². The third-order valence-corrected chi connectivity index (χ3v) is 6.78. The first-order chi connectivity index (χ1) is 17.5. The van der Waals surface area contributed by atoms with Crippen molar-refractivity contribution in [3.05, 3.63) is 78.1 Å². The number of H-pyrrole nitrogens is 1. The molecule has 6 rings (SSSR count). The van der Waals surface area contributed by atoms with Crippen LogP contribution in [-0.2, 0) is 6.42 Å². The van der Waals surface area contributed by atoms with Gasteiger partial charge in [0.1, 0.15) is 17.3 Å². The molecule has 0 radical (unpaired) electrons. The lowest BCUT2D eigenvalue weighted by atomic mass is 10.0. The maximum atomic E-state index is 13.1. The second-order valence-electron chi connectivity index (χ2n) is 9.47. The maximum Gasteiger partial charge on any atom is 0.170 e. The van der Waals surface area contributed by atoms with Crippen molar-refractivity contribution in [3.63, 3.8) is 0 Å². The highest BCUT2D eigenvalue weighted by atomic mass is 16.1. The standard InChI is InChI=1S/C28H27N7O/c1-18-11-22-12-23(17-31-28(22)32-18)19-3-4-21-16-30-26(33-24(21)13-19)15-25(36)20-5-6-29-27(14-20)35-9-7-34(2)8-10-35/h3-6,11-14,16-17H,7-10,15H2,1-2H3,(H,31,32). The summed E-state index contributed by atoms with van der Waals surface area (Å²) in [6.45, 7) is 5.81. The number of fused-ring (bicyclic) bond motifs is 2. The molecule has 180 valence electrons. The van der Waals surface area contributed by atoms with Crippen LogP contribution in [-0.4, -0.2) is 68.8 Å². The Labute approximate surface area is 209 Å². The number of ketones is 1. The summed E-state index contributed by atoms with van der Waals surface area (Å²) in [5.74, 6) is 1.35. The van der Waals surface area contributed by atoms with E-state index in [2.05, 4.69) is 55.0 Å². The fourth-order valence-electron chi connectivity index (χ4n) is 4.68. The fraction of sp³-hybridized carbons (Fsp3) is 0.250. The maximum absolute atomic E-state index is 13.1. The van der Waals surface area contributed by atoms with Crippen molar-refractivity contribution >= 4 is 33.5 Å². The van der Waals surface area contributed by atoms with E-state index in [-0.39, 0.29) is 12.2 Å². The first-order valence-corrected chi connectivity index (χ1v) is 12.2. The molecule has 36 heavy (non-hydrogen) atoms. The molecule has 0 atom stereocenters. The van der Waals surface area contributed by atoms with Gasteiger partial charge in [0, 0.05) is 72.4 Å². The second kappa shape index (κ2) is 9.13. The lowest BCUT2D eigenvalue weighted by molar-refractivity contribution is 0.0991. The summed E-state index contributed by atoms with van der Waals surface area (Å²) in [4.78, 5) is 39.1. The minimum Gasteiger partial charge on any atom is -0.354 e. The number of carbonyl (C=O) groups excluding carboxylic acids is 1. The average Bonchev–Trinajstić information content (AvgIpc) is 3.28. The van der Waals surface area contributed by atoms with Gasteiger partial charge in [0.25, 0.3) is 0 Å². The number of aromatic amines is 1. The number of Topliss-reactive ketones (excluding diaryl/α,β-unsaturated/α-hetero) is 1. The SMILES string of the molecule is Cc1cc2cc(-c3ccc4cnc(CC(=O)c5ccnc(N6CCN(C)CC6)c5)nc4c3)cnc2[nH]1. The molecular formula is C28H27N7O. The largest absolute Gasteiger partial charge is 0.354 e. The van der Waals surface area contributed by atoms with E-state index in [0.717, 1.165) is 70.8 Å². The van der Waals surface area contributed by atoms with Gasteiger partial charge in [-0.05, 0) is 49.9 Å². The smallest absolute Gasteiger partial charge is 0.170 e. The highest BCUT2D eigenvalue weighted by Gasteiger charge is 2.17. The molecule has 0 saturated carbocycles. The normalized spacial score (nSPS) is 14.6. The third kappa shape index (κ3) is 4.43. The molecule has 1 saturated heterocycles. The molecule has 0 unspecified atom stereocenters. The van der Waals surface area contributed by atoms with Crippen LogP contribution in [0.2, 0.25) is 0 Å². The van der Waals surface area contributed by atoms with E-state index in [1.165, 1.54) is 0 Å². The molecule has 1 fully saturated rings. The predicted molar refractivity (Wildman–Crippen MR) is 141 cm³/mol. The van der Waals surface area contributed by atoms with Crippen LogP contribution in [0.25, 0.3) is 33.1 Å². The van der Waals surface area contributed by atoms with Crippen LogP contribution < -0.4 is 4.90 Å². The highest BCUT2D eigenvalue weighted by Crippen LogP contribution is 2.26. The Morgan fingerprint density at radius 3 is 2.64 bits per heavy atom. The summed E-state index contributed by atoms with van der Waals surface area (Å²) < 4.78 is 0. The number of aryl methyl sites for hydroxylation is 1. The van der Waals surface area contributed by atoms with Gasteiger partial charge in [-0.3, -0.25) is 4.79 Å². The van der Waals surface area contributed by atoms with Crippen LogP contribution in [0.5, 0.6) is 0 Å². The van der Waals surface area contributed by atoms with Crippen molar-refractivity contribution in [2.24, 2.45) is 0 Å². The Morgan fingerprint density at radius 2 is 1.78 bits per heavy atom. The number of pyridine rings is 2. The zero-order valence-corrected chi connectivity index (χ0v) is 20.4. The van der Waals surface area contributed by atoms with Crippen LogP contribution in [0.3, 0.4) is 0 Å². The monoisotopic (exact) mass is 477 g/mol. The number of benzene rings is 1. The van der Waals surface area contributed by atoms with Crippen LogP contribution in [0.1, 0.15) is 21.9 Å². The van der Waals surface area contributed by atoms with Gasteiger partial charge in [0.2, 0.25) is 0 Å². The Bertz CT molecular complexity index is 1580. The average molecular weight is 478 g/mol. The summed E-state index contributed by atoms with van der Waals surface area (Å²) in [6.07, 6.45) is 5.51. The molecule has 0 spiro atoms. The molecule has 0 aliphatic carbocycles. The quantitative estimate of drug-likeness (QED) is 0.382. The summed E-state index contributed by atoms with van der Waals surface area (Å²) in [7, 11) is 2.12. The van der Waals surface area contributed by atoms with E-state index in [1.807, 2.05) is 31.3 Å². The fourth-order valence-corrected chi connectivity index (χ4v) is 4.68. The molecule has 1 aromatic carbocycles. The lowest BCUT2D eigenvalue weighted by Crippen LogP contribution is -2.44. The molecule has 1 N–H and O–H groups in total. The number of hydrogen-bond acceptors (Lipinski definition) is 7. The molecule has 5 aromatic rings. The Hall–Kier alpha value is -4.17. The first-order valence-electron chi connectivity index (χ1n) is 12.2. The minimum absolute atomic E-state index is 0.0132. The summed E-state index contributed by atoms with van der Waals surface area (Å²) in [6, 6.07) is 14.0. The summed E-state index contributed by atoms with van der Waals surface area (Å²) in [5, 5.41) is 2.01. The van der Waals surface area contributed by atoms with Crippen molar-refractivity contribution in [1.29, 1.82) is 0 Å². The molecule has 5 heterocycles. The zero-order valence-electron chi connectivity index (χ0n) is 20.4. The highest BCUT2D eigenvalue weighted by molar-refractivity contribution is 5.98. The molecule has 8 nitrogen and oxygen atoms in total. The van der Waals surface area contributed by atoms with E-state index in [9.17, 15) is 4.79 Å². The summed E-state index contributed by atoms with van der Waals surface area (Å²) in [5.41, 5.74) is 5.46. The summed E-state index contributed by atoms with van der Waals surface area (Å²) >= 11 is 0. The van der Waals surface area contributed by atoms with Crippen molar-refractivity contribution in [3.8, 4) is 11.1 Å². The van der Waals surface area contributed by atoms with Gasteiger partial charge < -0.3 is 14.8 Å². The number of carbonyl (C=O) groups is 1. The van der Waals surface area contributed by atoms with Gasteiger partial charge in [-0.25, -0.2) is 19.9 Å². The van der Waals surface area contributed by atoms with Gasteiger partial charge in [-0.2, -0.15) is 0 Å². The number of nitrogens with zero attached hydrogens (tertiary/aromatic N) is 6. The van der Waals surface area contributed by atoms with Crippen molar-refractivity contribution in [2.45, 2.75) is 13.3 Å². The zero-order chi connectivity index (χ0) is 24.6. The number of anilines is 1. The van der Waals surface area contributed by atoms with E-state index in [4.69, 9.17) is 4.98 Å². The number of likely N-dealkylation sites (N-methyl/N-ethyl adjacent to an activating group) is 1. The molecule has 1 aliphatic heterocycles. The van der Waals surface area contributed by atoms with Crippen LogP contribution in [0, 0.1) is 6.92 Å². The van der Waals surface area contributed by atoms with E-state index in [0.29, 0.717) is 11.4 Å². The minimum atomic E-state index is -0.0132. The first kappa shape index (κ1) is 22.3. The molecular weight excluding hydrogens is 450 g/mol. The van der Waals surface area contributed by atoms with Crippen molar-refractivity contribution in [1.82, 2.24) is 29.8 Å². The lowest BCUT2D eigenvalue weighted by Gasteiger charge is -2.33. The third-order valence-electron chi connectivity index (χ3n) is 6.78. The number of nitrogens with one attached hydrogen (secondary N) is 1. The molecule has 4 aromatic heterocycles. The Balaban J connectivity index is 1.24. The molecule has 8 heteroatoms. The number of aromatic nitrogens is 5. The van der Waals surface area contributed by atoms with E-state index < -0.39 is 0 Å². The molecule has 0 bridgehead atoms. The van der Waals surface area contributed by atoms with Crippen molar-refractivity contribution in [2.75, 3.05) is 38.1 Å². The molecule has 1 aliphatic rings. The van der Waals surface area contributed by atoms with Crippen LogP contribution >= 0.6 is 0 Å². The Morgan fingerprint density at radius 1 is 0.917 bits per heavy atom. The van der Waals surface area contributed by atoms with E-state index >= 15 is 0 Å². The Kier molecular flexibility index (Phi) is 5.65. The van der Waals surface area contributed by atoms with E-state index in [1.54, 1.807) is 18.5 Å². The number of rotatable bonds is 5. The predicted octanol–water partition coefficient (Wildman–Crippen LogP) is 4.05.